The first-order chi connectivity index (χ1) is 10.2. The number of nitrogens with one attached hydrogen (secondary N) is 1. The molecule has 4 heterocycles. The maximum Gasteiger partial charge on any atom is 0.275 e. The van der Waals surface area contributed by atoms with Crippen molar-refractivity contribution in [3.63, 3.8) is 0 Å². The molecule has 6 nitrogen and oxygen atoms in total. The number of fused-ring (bicyclic) bond motifs is 2. The fraction of sp³-hybridized carbons (Fsp3) is 0.643. The van der Waals surface area contributed by atoms with E-state index in [4.69, 9.17) is 0 Å². The van der Waals surface area contributed by atoms with Crippen molar-refractivity contribution < 1.29 is 0 Å². The van der Waals surface area contributed by atoms with Crippen LogP contribution in [0.2, 0.25) is 0 Å². The standard InChI is InChI=1S/C14H19N5OS/c1-9-5-13(20)19-14(16-9)21-12(17-19)8-18-6-10-3-2-4-15-11(10)7-18/h5,10-11,15H,2-4,6-8H2,1H3. The minimum Gasteiger partial charge on any atom is -0.312 e. The zero-order valence-corrected chi connectivity index (χ0v) is 12.9. The third-order valence-electron chi connectivity index (χ3n) is 4.45. The molecule has 0 radical (unpaired) electrons. The number of hydrogen-bond acceptors (Lipinski definition) is 6. The van der Waals surface area contributed by atoms with Crippen molar-refractivity contribution in [2.75, 3.05) is 19.6 Å². The van der Waals surface area contributed by atoms with Gasteiger partial charge in [0, 0.05) is 30.9 Å². The van der Waals surface area contributed by atoms with Gasteiger partial charge in [-0.25, -0.2) is 4.98 Å². The van der Waals surface area contributed by atoms with E-state index in [1.165, 1.54) is 34.8 Å². The number of aromatic nitrogens is 3. The third-order valence-corrected chi connectivity index (χ3v) is 5.34. The van der Waals surface area contributed by atoms with Crippen LogP contribution in [-0.4, -0.2) is 45.2 Å². The predicted molar refractivity (Wildman–Crippen MR) is 81.7 cm³/mol. The quantitative estimate of drug-likeness (QED) is 0.882. The lowest BCUT2D eigenvalue weighted by Gasteiger charge is -2.24. The normalized spacial score (nSPS) is 26.3. The van der Waals surface area contributed by atoms with Crippen LogP contribution in [0.4, 0.5) is 0 Å². The summed E-state index contributed by atoms with van der Waals surface area (Å²) in [5.74, 6) is 0.774. The number of likely N-dealkylation sites (tertiary alicyclic amines) is 1. The number of nitrogens with zero attached hydrogens (tertiary/aromatic N) is 4. The lowest BCUT2D eigenvalue weighted by Crippen LogP contribution is -2.40. The van der Waals surface area contributed by atoms with E-state index in [1.54, 1.807) is 0 Å². The van der Waals surface area contributed by atoms with E-state index in [-0.39, 0.29) is 5.56 Å². The second kappa shape index (κ2) is 5.15. The highest BCUT2D eigenvalue weighted by Crippen LogP contribution is 2.26. The van der Waals surface area contributed by atoms with E-state index in [0.717, 1.165) is 42.8 Å². The Kier molecular flexibility index (Phi) is 3.28. The Hall–Kier alpha value is -1.31. The fourth-order valence-corrected chi connectivity index (χ4v) is 4.47. The Morgan fingerprint density at radius 1 is 1.48 bits per heavy atom. The van der Waals surface area contributed by atoms with Gasteiger partial charge in [0.2, 0.25) is 4.96 Å². The molecule has 0 saturated carbocycles. The van der Waals surface area contributed by atoms with Gasteiger partial charge in [-0.05, 0) is 32.2 Å². The highest BCUT2D eigenvalue weighted by molar-refractivity contribution is 7.16. The summed E-state index contributed by atoms with van der Waals surface area (Å²) in [7, 11) is 0. The summed E-state index contributed by atoms with van der Waals surface area (Å²) in [5, 5.41) is 9.02. The van der Waals surface area contributed by atoms with Gasteiger partial charge in [0.15, 0.2) is 0 Å². The van der Waals surface area contributed by atoms with Crippen molar-refractivity contribution in [3.8, 4) is 0 Å². The molecule has 0 bridgehead atoms. The molecule has 4 rings (SSSR count). The summed E-state index contributed by atoms with van der Waals surface area (Å²) in [4.78, 5) is 19.4. The van der Waals surface area contributed by atoms with Crippen LogP contribution in [0.15, 0.2) is 10.9 Å². The van der Waals surface area contributed by atoms with Crippen molar-refractivity contribution in [2.45, 2.75) is 32.4 Å². The molecule has 0 spiro atoms. The first-order valence-electron chi connectivity index (χ1n) is 7.51. The maximum atomic E-state index is 11.9. The van der Waals surface area contributed by atoms with Crippen molar-refractivity contribution in [3.05, 3.63) is 27.1 Å². The van der Waals surface area contributed by atoms with Gasteiger partial charge in [-0.15, -0.1) is 0 Å². The fourth-order valence-electron chi connectivity index (χ4n) is 3.48. The van der Waals surface area contributed by atoms with Gasteiger partial charge in [-0.2, -0.15) is 9.61 Å². The first kappa shape index (κ1) is 13.4. The lowest BCUT2D eigenvalue weighted by atomic mass is 9.94. The largest absolute Gasteiger partial charge is 0.312 e. The van der Waals surface area contributed by atoms with Gasteiger partial charge in [0.05, 0.1) is 6.54 Å². The third kappa shape index (κ3) is 2.49. The molecule has 2 aliphatic rings. The summed E-state index contributed by atoms with van der Waals surface area (Å²) < 4.78 is 1.42. The lowest BCUT2D eigenvalue weighted by molar-refractivity contribution is 0.311. The van der Waals surface area contributed by atoms with E-state index < -0.39 is 0 Å². The van der Waals surface area contributed by atoms with Crippen LogP contribution in [0, 0.1) is 12.8 Å². The molecule has 0 aliphatic carbocycles. The summed E-state index contributed by atoms with van der Waals surface area (Å²) in [5.41, 5.74) is 0.670. The second-order valence-corrected chi connectivity index (χ2v) is 7.12. The van der Waals surface area contributed by atoms with Crippen LogP contribution in [0.5, 0.6) is 0 Å². The second-order valence-electron chi connectivity index (χ2n) is 6.08. The molecular weight excluding hydrogens is 286 g/mol. The van der Waals surface area contributed by atoms with E-state index in [2.05, 4.69) is 20.3 Å². The molecule has 2 saturated heterocycles. The number of rotatable bonds is 2. The van der Waals surface area contributed by atoms with Crippen LogP contribution in [0.25, 0.3) is 4.96 Å². The zero-order chi connectivity index (χ0) is 14.4. The maximum absolute atomic E-state index is 11.9. The Morgan fingerprint density at radius 2 is 2.38 bits per heavy atom. The molecule has 2 aromatic rings. The number of piperidine rings is 1. The van der Waals surface area contributed by atoms with Gasteiger partial charge in [0.1, 0.15) is 5.01 Å². The van der Waals surface area contributed by atoms with E-state index in [0.29, 0.717) is 11.0 Å². The van der Waals surface area contributed by atoms with Crippen LogP contribution >= 0.6 is 11.3 Å². The monoisotopic (exact) mass is 305 g/mol. The Bertz CT molecular complexity index is 710. The topological polar surface area (TPSA) is 62.5 Å². The average molecular weight is 305 g/mol. The molecule has 21 heavy (non-hydrogen) atoms. The molecule has 2 aromatic heterocycles. The van der Waals surface area contributed by atoms with Gasteiger partial charge in [-0.3, -0.25) is 9.69 Å². The van der Waals surface area contributed by atoms with Gasteiger partial charge in [-0.1, -0.05) is 11.3 Å². The molecular formula is C14H19N5OS. The Balaban J connectivity index is 1.55. The molecule has 2 aliphatic heterocycles. The minimum absolute atomic E-state index is 0.0863. The van der Waals surface area contributed by atoms with Crippen molar-refractivity contribution in [2.24, 2.45) is 5.92 Å². The van der Waals surface area contributed by atoms with Gasteiger partial charge in [0.25, 0.3) is 5.56 Å². The SMILES string of the molecule is Cc1cc(=O)n2nc(CN3CC4CCCNC4C3)sc2n1. The van der Waals surface area contributed by atoms with E-state index >= 15 is 0 Å². The molecule has 1 N–H and O–H groups in total. The first-order valence-corrected chi connectivity index (χ1v) is 8.33. The molecule has 2 unspecified atom stereocenters. The van der Waals surface area contributed by atoms with Gasteiger partial charge < -0.3 is 5.32 Å². The zero-order valence-electron chi connectivity index (χ0n) is 12.1. The summed E-state index contributed by atoms with van der Waals surface area (Å²) in [6, 6.07) is 2.17. The Labute approximate surface area is 126 Å². The number of hydrogen-bond donors (Lipinski definition) is 1. The Morgan fingerprint density at radius 3 is 3.24 bits per heavy atom. The predicted octanol–water partition coefficient (Wildman–Crippen LogP) is 0.643. The van der Waals surface area contributed by atoms with Gasteiger partial charge >= 0.3 is 0 Å². The molecule has 0 aromatic carbocycles. The van der Waals surface area contributed by atoms with Crippen molar-refractivity contribution in [1.29, 1.82) is 0 Å². The molecule has 2 atom stereocenters. The van der Waals surface area contributed by atoms with E-state index in [1.807, 2.05) is 6.92 Å². The average Bonchev–Trinajstić information content (AvgIpc) is 3.01. The molecule has 2 fully saturated rings. The van der Waals surface area contributed by atoms with Crippen LogP contribution in [0.3, 0.4) is 0 Å². The molecule has 0 amide bonds. The smallest absolute Gasteiger partial charge is 0.275 e. The number of aryl methyl sites for hydroxylation is 1. The highest BCUT2D eigenvalue weighted by Gasteiger charge is 2.34. The van der Waals surface area contributed by atoms with Crippen molar-refractivity contribution >= 4 is 16.3 Å². The van der Waals surface area contributed by atoms with Crippen LogP contribution < -0.4 is 10.9 Å². The minimum atomic E-state index is -0.0863. The molecule has 112 valence electrons. The van der Waals surface area contributed by atoms with Crippen LogP contribution in [-0.2, 0) is 6.54 Å². The van der Waals surface area contributed by atoms with E-state index in [9.17, 15) is 4.79 Å². The summed E-state index contributed by atoms with van der Waals surface area (Å²) in [6.45, 7) is 6.03. The van der Waals surface area contributed by atoms with Crippen LogP contribution in [0.1, 0.15) is 23.5 Å². The summed E-state index contributed by atoms with van der Waals surface area (Å²) >= 11 is 1.52. The summed E-state index contributed by atoms with van der Waals surface area (Å²) in [6.07, 6.45) is 2.61. The molecule has 7 heteroatoms. The highest BCUT2D eigenvalue weighted by atomic mass is 32.1. The van der Waals surface area contributed by atoms with Crippen molar-refractivity contribution in [1.82, 2.24) is 24.8 Å².